The summed E-state index contributed by atoms with van der Waals surface area (Å²) in [4.78, 5) is 35.4. The number of carbonyl (C=O) groups is 2. The molecule has 10 nitrogen and oxygen atoms in total. The Kier molecular flexibility index (Phi) is 5.24. The zero-order valence-electron chi connectivity index (χ0n) is 20.4. The second-order valence-corrected chi connectivity index (χ2v) is 9.59. The zero-order chi connectivity index (χ0) is 25.0. The Hall–Kier alpha value is -4.21. The molecule has 0 radical (unpaired) electrons. The Morgan fingerprint density at radius 2 is 1.97 bits per heavy atom. The number of aromatic nitrogens is 5. The summed E-state index contributed by atoms with van der Waals surface area (Å²) in [6.07, 6.45) is 6.10. The van der Waals surface area contributed by atoms with E-state index in [1.807, 2.05) is 48.9 Å². The number of nitrogens with zero attached hydrogens (tertiary/aromatic N) is 6. The van der Waals surface area contributed by atoms with Crippen molar-refractivity contribution in [3.8, 4) is 11.6 Å². The fourth-order valence-corrected chi connectivity index (χ4v) is 4.88. The molecule has 2 aliphatic rings. The molecule has 1 atom stereocenters. The van der Waals surface area contributed by atoms with E-state index >= 15 is 0 Å². The predicted octanol–water partition coefficient (Wildman–Crippen LogP) is 4.44. The number of hydrogen-bond acceptors (Lipinski definition) is 6. The summed E-state index contributed by atoms with van der Waals surface area (Å²) in [5.41, 5.74) is 3.52. The Labute approximate surface area is 207 Å². The van der Waals surface area contributed by atoms with Gasteiger partial charge in [0.15, 0.2) is 5.82 Å². The molecule has 1 aliphatic heterocycles. The number of fused-ring (bicyclic) bond motifs is 2. The smallest absolute Gasteiger partial charge is 0.331 e. The molecule has 10 heteroatoms. The summed E-state index contributed by atoms with van der Waals surface area (Å²) >= 11 is 0. The number of anilines is 1. The van der Waals surface area contributed by atoms with Gasteiger partial charge in [0, 0.05) is 41.9 Å². The van der Waals surface area contributed by atoms with Crippen LogP contribution < -0.4 is 10.1 Å². The van der Waals surface area contributed by atoms with Crippen LogP contribution in [0.25, 0.3) is 10.9 Å². The highest BCUT2D eigenvalue weighted by molar-refractivity contribution is 5.98. The summed E-state index contributed by atoms with van der Waals surface area (Å²) in [5, 5.41) is 8.30. The average Bonchev–Trinajstić information content (AvgIpc) is 3.50. The van der Waals surface area contributed by atoms with Gasteiger partial charge in [-0.3, -0.25) is 19.4 Å². The molecular formula is C26H27N7O3. The van der Waals surface area contributed by atoms with E-state index in [4.69, 9.17) is 4.74 Å². The first-order chi connectivity index (χ1) is 17.4. The van der Waals surface area contributed by atoms with Gasteiger partial charge < -0.3 is 9.64 Å². The van der Waals surface area contributed by atoms with Crippen molar-refractivity contribution in [2.24, 2.45) is 0 Å². The normalized spacial score (nSPS) is 17.2. The second-order valence-electron chi connectivity index (χ2n) is 9.59. The van der Waals surface area contributed by atoms with Crippen molar-refractivity contribution in [2.45, 2.75) is 58.7 Å². The molecule has 1 saturated carbocycles. The molecule has 4 aromatic rings. The Balaban J connectivity index is 1.22. The number of ether oxygens (including phenoxy) is 1. The molecular weight excluding hydrogens is 458 g/mol. The first kappa shape index (κ1) is 22.3. The largest absolute Gasteiger partial charge is 0.439 e. The summed E-state index contributed by atoms with van der Waals surface area (Å²) < 4.78 is 9.71. The molecule has 1 N–H and O–H groups in total. The van der Waals surface area contributed by atoms with Crippen molar-refractivity contribution in [1.82, 2.24) is 29.2 Å². The second kappa shape index (κ2) is 8.47. The monoisotopic (exact) mass is 485 g/mol. The quantitative estimate of drug-likeness (QED) is 0.458. The molecule has 4 heterocycles. The van der Waals surface area contributed by atoms with Gasteiger partial charge in [-0.05, 0) is 57.4 Å². The summed E-state index contributed by atoms with van der Waals surface area (Å²) in [5.74, 6) is 1.69. The van der Waals surface area contributed by atoms with Crippen LogP contribution in [-0.4, -0.2) is 47.2 Å². The Morgan fingerprint density at radius 1 is 1.14 bits per heavy atom. The van der Waals surface area contributed by atoms with Gasteiger partial charge in [-0.2, -0.15) is 5.10 Å². The van der Waals surface area contributed by atoms with E-state index in [0.29, 0.717) is 36.5 Å². The molecule has 1 aliphatic carbocycles. The number of amides is 2. The number of hydrogen-bond donors (Lipinski definition) is 1. The van der Waals surface area contributed by atoms with Gasteiger partial charge in [-0.1, -0.05) is 0 Å². The molecule has 0 saturated heterocycles. The third-order valence-electron chi connectivity index (χ3n) is 6.90. The van der Waals surface area contributed by atoms with Crippen molar-refractivity contribution in [2.75, 3.05) is 5.32 Å². The lowest BCUT2D eigenvalue weighted by molar-refractivity contribution is -0.132. The molecule has 1 aromatic carbocycles. The van der Waals surface area contributed by atoms with E-state index in [0.717, 1.165) is 40.7 Å². The fourth-order valence-electron chi connectivity index (χ4n) is 4.88. The topological polar surface area (TPSA) is 107 Å². The fraction of sp³-hybridized carbons (Fsp3) is 0.346. The van der Waals surface area contributed by atoms with Crippen LogP contribution in [0, 0.1) is 6.92 Å². The van der Waals surface area contributed by atoms with Crippen molar-refractivity contribution in [3.05, 3.63) is 59.8 Å². The van der Waals surface area contributed by atoms with Crippen molar-refractivity contribution in [3.63, 3.8) is 0 Å². The van der Waals surface area contributed by atoms with Gasteiger partial charge in [-0.25, -0.2) is 14.8 Å². The van der Waals surface area contributed by atoms with Crippen LogP contribution in [0.2, 0.25) is 0 Å². The summed E-state index contributed by atoms with van der Waals surface area (Å²) in [6.45, 7) is 6.03. The molecule has 0 unspecified atom stereocenters. The number of aryl methyl sites for hydroxylation is 1. The SMILES string of the molecule is CC(=O)N1Cc2ncnc(Oc3ccc4c(ccn4C(=O)Nc4cc(C)n(C5CC5)n4)c3)c2C[C@@H]1C. The molecule has 0 spiro atoms. The van der Waals surface area contributed by atoms with Crippen LogP contribution in [0.3, 0.4) is 0 Å². The first-order valence-corrected chi connectivity index (χ1v) is 12.1. The summed E-state index contributed by atoms with van der Waals surface area (Å²) in [6, 6.07) is 9.55. The van der Waals surface area contributed by atoms with Gasteiger partial charge in [0.2, 0.25) is 11.8 Å². The minimum Gasteiger partial charge on any atom is -0.439 e. The van der Waals surface area contributed by atoms with Crippen LogP contribution >= 0.6 is 0 Å². The average molecular weight is 486 g/mol. The zero-order valence-corrected chi connectivity index (χ0v) is 20.4. The lowest BCUT2D eigenvalue weighted by atomic mass is 9.99. The van der Waals surface area contributed by atoms with E-state index in [1.165, 1.54) is 6.33 Å². The molecule has 1 fully saturated rings. The first-order valence-electron chi connectivity index (χ1n) is 12.1. The minimum absolute atomic E-state index is 0.0274. The van der Waals surface area contributed by atoms with Crippen LogP contribution in [0.15, 0.2) is 42.9 Å². The van der Waals surface area contributed by atoms with Gasteiger partial charge in [0.25, 0.3) is 0 Å². The Bertz CT molecular complexity index is 1500. The van der Waals surface area contributed by atoms with E-state index < -0.39 is 0 Å². The number of nitrogens with one attached hydrogen (secondary N) is 1. The van der Waals surface area contributed by atoms with Gasteiger partial charge in [0.1, 0.15) is 12.1 Å². The lowest BCUT2D eigenvalue weighted by Crippen LogP contribution is -2.41. The number of benzene rings is 1. The molecule has 3 aromatic heterocycles. The summed E-state index contributed by atoms with van der Waals surface area (Å²) in [7, 11) is 0. The van der Waals surface area contributed by atoms with Crippen molar-refractivity contribution < 1.29 is 14.3 Å². The standard InChI is InChI=1S/C26H27N7O3/c1-15-10-21-22(13-32(15)17(3)34)27-14-28-25(21)36-20-6-7-23-18(12-20)8-9-31(23)26(35)29-24-11-16(2)33(30-24)19-4-5-19/h6-9,11-12,14-15,19H,4-5,10,13H2,1-3H3,(H,29,30,35)/t15-/m0/s1. The number of rotatable bonds is 4. The number of carbonyl (C=O) groups excluding carboxylic acids is 2. The van der Waals surface area contributed by atoms with Crippen LogP contribution in [0.4, 0.5) is 10.6 Å². The van der Waals surface area contributed by atoms with Gasteiger partial charge in [0.05, 0.1) is 23.8 Å². The third-order valence-corrected chi connectivity index (χ3v) is 6.90. The van der Waals surface area contributed by atoms with E-state index in [9.17, 15) is 9.59 Å². The van der Waals surface area contributed by atoms with Crippen LogP contribution in [0.5, 0.6) is 11.6 Å². The molecule has 0 bridgehead atoms. The van der Waals surface area contributed by atoms with E-state index in [1.54, 1.807) is 22.6 Å². The maximum atomic E-state index is 13.0. The minimum atomic E-state index is -0.270. The molecule has 184 valence electrons. The van der Waals surface area contributed by atoms with Gasteiger partial charge in [-0.15, -0.1) is 0 Å². The Morgan fingerprint density at radius 3 is 2.75 bits per heavy atom. The highest BCUT2D eigenvalue weighted by atomic mass is 16.5. The highest BCUT2D eigenvalue weighted by Crippen LogP contribution is 2.36. The van der Waals surface area contributed by atoms with E-state index in [-0.39, 0.29) is 18.0 Å². The van der Waals surface area contributed by atoms with Crippen LogP contribution in [-0.2, 0) is 17.8 Å². The lowest BCUT2D eigenvalue weighted by Gasteiger charge is -2.33. The van der Waals surface area contributed by atoms with E-state index in [2.05, 4.69) is 20.4 Å². The highest BCUT2D eigenvalue weighted by Gasteiger charge is 2.29. The van der Waals surface area contributed by atoms with Crippen molar-refractivity contribution in [1.29, 1.82) is 0 Å². The van der Waals surface area contributed by atoms with Crippen LogP contribution in [0.1, 0.15) is 49.7 Å². The molecule has 2 amide bonds. The maximum Gasteiger partial charge on any atom is 0.331 e. The molecule has 36 heavy (non-hydrogen) atoms. The predicted molar refractivity (Wildman–Crippen MR) is 133 cm³/mol. The molecule has 6 rings (SSSR count). The third kappa shape index (κ3) is 3.98. The maximum absolute atomic E-state index is 13.0. The van der Waals surface area contributed by atoms with Gasteiger partial charge >= 0.3 is 6.03 Å². The van der Waals surface area contributed by atoms with Crippen molar-refractivity contribution >= 4 is 28.7 Å².